The molecule has 0 spiro atoms. The number of hydrogen-bond acceptors (Lipinski definition) is 0. The molecular weight excluding hydrogens is 1340 g/mol. The van der Waals surface area contributed by atoms with Crippen molar-refractivity contribution in [1.29, 1.82) is 0 Å². The second kappa shape index (κ2) is 11.4. The van der Waals surface area contributed by atoms with Gasteiger partial charge in [0.1, 0.15) is 20.5 Å². The molecule has 2 aromatic carbocycles. The van der Waals surface area contributed by atoms with E-state index in [-0.39, 0.29) is 0 Å². The highest BCUT2D eigenvalue weighted by Crippen LogP contribution is 2.84. The summed E-state index contributed by atoms with van der Waals surface area (Å²) in [6.07, 6.45) is 4.70. The van der Waals surface area contributed by atoms with Crippen LogP contribution in [0.2, 0.25) is 0 Å². The van der Waals surface area contributed by atoms with Crippen molar-refractivity contribution >= 4 is 218 Å². The van der Waals surface area contributed by atoms with E-state index >= 15 is 0 Å². The zero-order valence-electron chi connectivity index (χ0n) is 19.6. The van der Waals surface area contributed by atoms with Crippen LogP contribution in [0.15, 0.2) is 48.0 Å². The van der Waals surface area contributed by atoms with Crippen LogP contribution in [0.4, 0.5) is 0 Å². The lowest BCUT2D eigenvalue weighted by Gasteiger charge is -2.70. The lowest BCUT2D eigenvalue weighted by atomic mass is 9.66. The quantitative estimate of drug-likeness (QED) is 0.211. The van der Waals surface area contributed by atoms with Gasteiger partial charge in [-0.1, -0.05) is 263 Å². The molecule has 1 saturated carbocycles. The normalized spacial score (nSPS) is 34.4. The van der Waals surface area contributed by atoms with Crippen molar-refractivity contribution in [3.8, 4) is 0 Å². The van der Waals surface area contributed by atoms with E-state index in [0.29, 0.717) is 6.42 Å². The summed E-state index contributed by atoms with van der Waals surface area (Å²) >= 11 is 53.9. The van der Waals surface area contributed by atoms with Crippen LogP contribution in [0, 0.1) is 0 Å². The first-order valence-electron chi connectivity index (χ1n) is 11.3. The molecule has 2 aromatic rings. The van der Waals surface area contributed by atoms with Crippen LogP contribution in [0.1, 0.15) is 31.4 Å². The average molecular weight is 1360 g/mol. The van der Waals surface area contributed by atoms with Crippen molar-refractivity contribution in [2.45, 2.75) is 62.3 Å². The Hall–Kier alpha value is 4.68. The van der Waals surface area contributed by atoms with E-state index in [0.717, 1.165) is 18.4 Å². The molecule has 13 heteroatoms. The molecule has 0 nitrogen and oxygen atoms in total. The number of halogens is 13. The smallest absolute Gasteiger partial charge is 0.0800 e. The topological polar surface area (TPSA) is 0 Å². The highest BCUT2D eigenvalue weighted by Gasteiger charge is 2.85. The van der Waals surface area contributed by atoms with E-state index in [1.165, 1.54) is 21.9 Å². The van der Waals surface area contributed by atoms with Crippen molar-refractivity contribution in [1.82, 2.24) is 0 Å². The Balaban J connectivity index is 2.09. The second-order valence-electron chi connectivity index (χ2n) is 9.60. The molecule has 0 aliphatic heterocycles. The van der Waals surface area contributed by atoms with Gasteiger partial charge >= 0.3 is 0 Å². The van der Waals surface area contributed by atoms with Crippen LogP contribution in [-0.2, 0) is 12.8 Å². The molecule has 0 N–H and O–H groups in total. The van der Waals surface area contributed by atoms with Crippen LogP contribution in [0.25, 0.3) is 10.8 Å². The molecule has 38 heavy (non-hydrogen) atoms. The van der Waals surface area contributed by atoms with Crippen molar-refractivity contribution < 1.29 is 0 Å². The molecule has 3 unspecified atom stereocenters. The Labute approximate surface area is 333 Å². The molecule has 0 heterocycles. The van der Waals surface area contributed by atoms with Crippen molar-refractivity contribution in [2.24, 2.45) is 0 Å². The van der Waals surface area contributed by atoms with Crippen molar-refractivity contribution in [3.63, 3.8) is 0 Å². The third kappa shape index (κ3) is 4.63. The molecule has 0 bridgehead atoms. The molecule has 2 aliphatic carbocycles. The van der Waals surface area contributed by atoms with Gasteiger partial charge in [0.15, 0.2) is 0 Å². The minimum atomic E-state index is -0.817. The third-order valence-corrected chi connectivity index (χ3v) is 33.6. The van der Waals surface area contributed by atoms with E-state index < -0.39 is 29.1 Å². The monoisotopic (exact) mass is 1350 g/mol. The number of benzene rings is 2. The number of allylic oxidation sites excluding steroid dienone is 2. The fourth-order valence-corrected chi connectivity index (χ4v) is 20.6. The van der Waals surface area contributed by atoms with Crippen molar-refractivity contribution in [3.05, 3.63) is 59.2 Å². The Kier molecular flexibility index (Phi) is 10.7. The zero-order valence-corrected chi connectivity index (χ0v) is 40.2. The lowest BCUT2D eigenvalue weighted by Crippen LogP contribution is -2.81. The van der Waals surface area contributed by atoms with Crippen LogP contribution in [0.3, 0.4) is 0 Å². The largest absolute Gasteiger partial charge is 0.134 e. The zero-order chi connectivity index (χ0) is 29.0. The summed E-state index contributed by atoms with van der Waals surface area (Å²) in [6, 6.07) is 13.3. The highest BCUT2D eigenvalue weighted by atomic mass is 79.9. The average Bonchev–Trinajstić information content (AvgIpc) is 2.83. The number of aryl methyl sites for hydroxylation is 1. The molecule has 210 valence electrons. The summed E-state index contributed by atoms with van der Waals surface area (Å²) in [5, 5.41) is 2.47. The molecule has 4 rings (SSSR count). The van der Waals surface area contributed by atoms with E-state index in [2.05, 4.69) is 263 Å². The van der Waals surface area contributed by atoms with Gasteiger partial charge < -0.3 is 0 Å². The first-order chi connectivity index (χ1) is 17.1. The van der Waals surface area contributed by atoms with Gasteiger partial charge in [-0.15, -0.1) is 0 Å². The molecule has 2 aliphatic rings. The van der Waals surface area contributed by atoms with E-state index in [9.17, 15) is 0 Å². The minimum Gasteiger partial charge on any atom is -0.0800 e. The molecule has 1 fully saturated rings. The fraction of sp³-hybridized carbons (Fsp3) is 0.520. The van der Waals surface area contributed by atoms with Gasteiger partial charge in [-0.05, 0) is 46.7 Å². The van der Waals surface area contributed by atoms with Gasteiger partial charge in [0.05, 0.1) is 8.65 Å². The van der Waals surface area contributed by atoms with Gasteiger partial charge in [-0.3, -0.25) is 0 Å². The second-order valence-corrected chi connectivity index (χ2v) is 30.8. The minimum absolute atomic E-state index is 0.536. The standard InChI is InChI=1S/C25H19Br13/c1-3-13-8-9-16-14(10-13)6-5-7-15(16)11-18(26)17-12-20(28,29)19(27,4-2)23(33,34)21(17,30)24(35,36)25(37,38)22(18,31)32/h5-10,12H,3-4,11H2,1-2H3. The Bertz CT molecular complexity index is 1310. The maximum absolute atomic E-state index is 4.34. The van der Waals surface area contributed by atoms with Crippen LogP contribution >= 0.6 is 207 Å². The van der Waals surface area contributed by atoms with Gasteiger partial charge in [0.25, 0.3) is 0 Å². The summed E-state index contributed by atoms with van der Waals surface area (Å²) in [6.45, 7) is 4.34. The summed E-state index contributed by atoms with van der Waals surface area (Å²) < 4.78 is -5.80. The van der Waals surface area contributed by atoms with Gasteiger partial charge in [-0.2, -0.15) is 0 Å². The maximum Gasteiger partial charge on any atom is 0.134 e. The number of hydrogen-bond donors (Lipinski definition) is 0. The summed E-state index contributed by atoms with van der Waals surface area (Å²) in [5.41, 5.74) is 3.63. The summed E-state index contributed by atoms with van der Waals surface area (Å²) in [4.78, 5) is 0. The molecule has 0 saturated heterocycles. The predicted octanol–water partition coefficient (Wildman–Crippen LogP) is 14.1. The Morgan fingerprint density at radius 3 is 1.82 bits per heavy atom. The van der Waals surface area contributed by atoms with Crippen molar-refractivity contribution in [2.75, 3.05) is 0 Å². The first-order valence-corrected chi connectivity index (χ1v) is 21.7. The molecule has 0 aromatic heterocycles. The predicted molar refractivity (Wildman–Crippen MR) is 213 cm³/mol. The van der Waals surface area contributed by atoms with Gasteiger partial charge in [0.2, 0.25) is 0 Å². The van der Waals surface area contributed by atoms with Crippen LogP contribution in [-0.4, -0.2) is 29.1 Å². The van der Waals surface area contributed by atoms with Gasteiger partial charge in [-0.25, -0.2) is 0 Å². The lowest BCUT2D eigenvalue weighted by molar-refractivity contribution is 0.354. The number of alkyl halides is 13. The van der Waals surface area contributed by atoms with E-state index in [1.807, 2.05) is 0 Å². The van der Waals surface area contributed by atoms with E-state index in [1.54, 1.807) is 0 Å². The maximum atomic E-state index is 4.34. The molecule has 0 amide bonds. The molecule has 0 radical (unpaired) electrons. The van der Waals surface area contributed by atoms with Crippen LogP contribution < -0.4 is 0 Å². The molecular formula is C25H19Br13. The van der Waals surface area contributed by atoms with Gasteiger partial charge in [0, 0.05) is 0 Å². The molecule has 3 atom stereocenters. The SMILES string of the molecule is CCc1ccc2c(CC3(Br)C4=CC(Br)(Br)C(Br)(CC)C(Br)(Br)C4(Br)C(Br)(Br)C(Br)(Br)C3(Br)Br)cccc2c1. The van der Waals surface area contributed by atoms with E-state index in [4.69, 9.17) is 0 Å². The third-order valence-electron chi connectivity index (χ3n) is 7.67. The highest BCUT2D eigenvalue weighted by molar-refractivity contribution is 9.34. The first kappa shape index (κ1) is 35.5. The number of fused-ring (bicyclic) bond motifs is 2. The fourth-order valence-electron chi connectivity index (χ4n) is 5.33. The summed E-state index contributed by atoms with van der Waals surface area (Å²) in [7, 11) is 0. The number of rotatable bonds is 4. The summed E-state index contributed by atoms with van der Waals surface area (Å²) in [5.74, 6) is 0. The Morgan fingerprint density at radius 1 is 0.658 bits per heavy atom. The Morgan fingerprint density at radius 2 is 1.26 bits per heavy atom. The van der Waals surface area contributed by atoms with Crippen LogP contribution in [0.5, 0.6) is 0 Å².